The number of ether oxygens (including phenoxy) is 1. The van der Waals surface area contributed by atoms with Crippen LogP contribution in [0.5, 0.6) is 5.75 Å². The highest BCUT2D eigenvalue weighted by molar-refractivity contribution is 5.77. The number of hydrogen-bond donors (Lipinski definition) is 1. The number of carbonyl (C=O) groups excluding carboxylic acids is 1. The first-order valence-corrected chi connectivity index (χ1v) is 10.7. The summed E-state index contributed by atoms with van der Waals surface area (Å²) in [5, 5.41) is 3.10. The summed E-state index contributed by atoms with van der Waals surface area (Å²) in [6, 6.07) is 20.0. The molecule has 0 atom stereocenters. The lowest BCUT2D eigenvalue weighted by Gasteiger charge is -2.42. The van der Waals surface area contributed by atoms with E-state index in [2.05, 4.69) is 32.3 Å². The van der Waals surface area contributed by atoms with E-state index in [1.54, 1.807) is 19.5 Å². The number of methoxy groups -OCH3 is 1. The summed E-state index contributed by atoms with van der Waals surface area (Å²) in [6.45, 7) is 2.14. The molecule has 1 fully saturated rings. The third kappa shape index (κ3) is 5.02. The van der Waals surface area contributed by atoms with Crippen molar-refractivity contribution in [1.29, 1.82) is 0 Å². The molecule has 2 aromatic carbocycles. The molecule has 1 amide bonds. The Morgan fingerprint density at radius 1 is 1.03 bits per heavy atom. The molecule has 1 aliphatic rings. The van der Waals surface area contributed by atoms with E-state index in [1.165, 1.54) is 0 Å². The lowest BCUT2D eigenvalue weighted by molar-refractivity contribution is -0.122. The largest absolute Gasteiger partial charge is 0.497 e. The number of rotatable bonds is 7. The Morgan fingerprint density at radius 3 is 2.48 bits per heavy atom. The molecular formula is C25H28N4O2. The zero-order valence-corrected chi connectivity index (χ0v) is 17.8. The van der Waals surface area contributed by atoms with Crippen LogP contribution in [0.2, 0.25) is 0 Å². The number of piperidine rings is 1. The highest BCUT2D eigenvalue weighted by Gasteiger charge is 2.39. The Balaban J connectivity index is 1.51. The summed E-state index contributed by atoms with van der Waals surface area (Å²) >= 11 is 0. The molecule has 3 aromatic rings. The van der Waals surface area contributed by atoms with Gasteiger partial charge in [-0.1, -0.05) is 42.5 Å². The van der Waals surface area contributed by atoms with Gasteiger partial charge in [-0.2, -0.15) is 0 Å². The number of anilines is 1. The van der Waals surface area contributed by atoms with Crippen LogP contribution in [0.25, 0.3) is 0 Å². The molecule has 0 saturated carbocycles. The molecule has 0 unspecified atom stereocenters. The second-order valence-electron chi connectivity index (χ2n) is 7.99. The van der Waals surface area contributed by atoms with E-state index in [4.69, 9.17) is 4.74 Å². The van der Waals surface area contributed by atoms with Crippen molar-refractivity contribution in [3.63, 3.8) is 0 Å². The van der Waals surface area contributed by atoms with Gasteiger partial charge in [0.1, 0.15) is 5.75 Å². The molecule has 1 saturated heterocycles. The summed E-state index contributed by atoms with van der Waals surface area (Å²) in [4.78, 5) is 24.0. The third-order valence-corrected chi connectivity index (χ3v) is 6.07. The molecule has 2 heterocycles. The van der Waals surface area contributed by atoms with Gasteiger partial charge in [-0.05, 0) is 42.2 Å². The number of carbonyl (C=O) groups is 1. The lowest BCUT2D eigenvalue weighted by atomic mass is 9.70. The van der Waals surface area contributed by atoms with Crippen LogP contribution < -0.4 is 15.0 Å². The molecule has 6 heteroatoms. The Labute approximate surface area is 183 Å². The van der Waals surface area contributed by atoms with Crippen molar-refractivity contribution < 1.29 is 9.53 Å². The highest BCUT2D eigenvalue weighted by atomic mass is 16.5. The zero-order chi connectivity index (χ0) is 21.5. The standard InChI is InChI=1S/C25H28N4O2/c1-31-22-10-5-9-21(17-22)25(18-23(30)28-19-20-7-3-2-4-8-20)11-15-29(16-12-25)24-26-13-6-14-27-24/h2-10,13-14,17H,11-12,15-16,18-19H2,1H3,(H,28,30). The van der Waals surface area contributed by atoms with Crippen LogP contribution in [0.4, 0.5) is 5.95 Å². The van der Waals surface area contributed by atoms with Gasteiger partial charge in [0.15, 0.2) is 0 Å². The molecule has 4 rings (SSSR count). The van der Waals surface area contributed by atoms with Gasteiger partial charge < -0.3 is 15.0 Å². The second kappa shape index (κ2) is 9.60. The normalized spacial score (nSPS) is 15.3. The van der Waals surface area contributed by atoms with Gasteiger partial charge in [0.05, 0.1) is 7.11 Å². The average Bonchev–Trinajstić information content (AvgIpc) is 2.84. The Bertz CT molecular complexity index is 987. The van der Waals surface area contributed by atoms with Gasteiger partial charge in [-0.25, -0.2) is 9.97 Å². The van der Waals surface area contributed by atoms with E-state index in [9.17, 15) is 4.79 Å². The smallest absolute Gasteiger partial charge is 0.225 e. The summed E-state index contributed by atoms with van der Waals surface area (Å²) in [5.74, 6) is 1.63. The minimum absolute atomic E-state index is 0.0658. The molecule has 0 spiro atoms. The second-order valence-corrected chi connectivity index (χ2v) is 7.99. The molecule has 31 heavy (non-hydrogen) atoms. The monoisotopic (exact) mass is 416 g/mol. The fourth-order valence-corrected chi connectivity index (χ4v) is 4.28. The number of benzene rings is 2. The molecule has 160 valence electrons. The Hall–Kier alpha value is -3.41. The highest BCUT2D eigenvalue weighted by Crippen LogP contribution is 2.40. The Morgan fingerprint density at radius 2 is 1.77 bits per heavy atom. The van der Waals surface area contributed by atoms with Gasteiger partial charge in [-0.15, -0.1) is 0 Å². The fraction of sp³-hybridized carbons (Fsp3) is 0.320. The van der Waals surface area contributed by atoms with Crippen molar-refractivity contribution in [2.45, 2.75) is 31.2 Å². The predicted molar refractivity (Wildman–Crippen MR) is 121 cm³/mol. The molecular weight excluding hydrogens is 388 g/mol. The van der Waals surface area contributed by atoms with Crippen LogP contribution in [0.15, 0.2) is 73.1 Å². The van der Waals surface area contributed by atoms with E-state index >= 15 is 0 Å². The van der Waals surface area contributed by atoms with Crippen LogP contribution in [0, 0.1) is 0 Å². The third-order valence-electron chi connectivity index (χ3n) is 6.07. The van der Waals surface area contributed by atoms with E-state index < -0.39 is 0 Å². The molecule has 6 nitrogen and oxygen atoms in total. The number of hydrogen-bond acceptors (Lipinski definition) is 5. The zero-order valence-electron chi connectivity index (χ0n) is 17.8. The molecule has 0 bridgehead atoms. The van der Waals surface area contributed by atoms with E-state index in [-0.39, 0.29) is 11.3 Å². The van der Waals surface area contributed by atoms with Crippen molar-refractivity contribution in [3.8, 4) is 5.75 Å². The number of amides is 1. The quantitative estimate of drug-likeness (QED) is 0.636. The lowest BCUT2D eigenvalue weighted by Crippen LogP contribution is -2.45. The molecule has 1 aromatic heterocycles. The van der Waals surface area contributed by atoms with Crippen molar-refractivity contribution >= 4 is 11.9 Å². The maximum absolute atomic E-state index is 13.0. The van der Waals surface area contributed by atoms with Crippen LogP contribution in [-0.2, 0) is 16.8 Å². The Kier molecular flexibility index (Phi) is 6.46. The summed E-state index contributed by atoms with van der Waals surface area (Å²) < 4.78 is 5.46. The van der Waals surface area contributed by atoms with Crippen LogP contribution in [-0.4, -0.2) is 36.1 Å². The first-order valence-electron chi connectivity index (χ1n) is 10.7. The van der Waals surface area contributed by atoms with E-state index in [0.717, 1.165) is 48.8 Å². The summed E-state index contributed by atoms with van der Waals surface area (Å²) in [5.41, 5.74) is 2.00. The summed E-state index contributed by atoms with van der Waals surface area (Å²) in [6.07, 6.45) is 5.66. The number of nitrogens with one attached hydrogen (secondary N) is 1. The molecule has 0 aliphatic carbocycles. The minimum atomic E-state index is -0.249. The SMILES string of the molecule is COc1cccc(C2(CC(=O)NCc3ccccc3)CCN(c3ncccn3)CC2)c1. The number of nitrogens with zero attached hydrogens (tertiary/aromatic N) is 3. The molecule has 0 radical (unpaired) electrons. The summed E-state index contributed by atoms with van der Waals surface area (Å²) in [7, 11) is 1.67. The van der Waals surface area contributed by atoms with Gasteiger partial charge in [0.25, 0.3) is 0 Å². The first kappa shape index (κ1) is 20.8. The van der Waals surface area contributed by atoms with Crippen LogP contribution >= 0.6 is 0 Å². The van der Waals surface area contributed by atoms with Crippen molar-refractivity contribution in [1.82, 2.24) is 15.3 Å². The number of aromatic nitrogens is 2. The van der Waals surface area contributed by atoms with Crippen molar-refractivity contribution in [2.24, 2.45) is 0 Å². The van der Waals surface area contributed by atoms with Crippen molar-refractivity contribution in [2.75, 3.05) is 25.1 Å². The topological polar surface area (TPSA) is 67.3 Å². The van der Waals surface area contributed by atoms with Gasteiger partial charge >= 0.3 is 0 Å². The minimum Gasteiger partial charge on any atom is -0.497 e. The van der Waals surface area contributed by atoms with E-state index in [0.29, 0.717) is 13.0 Å². The van der Waals surface area contributed by atoms with E-state index in [1.807, 2.05) is 48.5 Å². The van der Waals surface area contributed by atoms with Crippen molar-refractivity contribution in [3.05, 3.63) is 84.2 Å². The fourth-order valence-electron chi connectivity index (χ4n) is 4.28. The first-order chi connectivity index (χ1) is 15.2. The van der Waals surface area contributed by atoms with Crippen LogP contribution in [0.1, 0.15) is 30.4 Å². The molecule has 1 aliphatic heterocycles. The maximum atomic E-state index is 13.0. The maximum Gasteiger partial charge on any atom is 0.225 e. The van der Waals surface area contributed by atoms with Crippen LogP contribution in [0.3, 0.4) is 0 Å². The van der Waals surface area contributed by atoms with Gasteiger partial charge in [-0.3, -0.25) is 4.79 Å². The predicted octanol–water partition coefficient (Wildman–Crippen LogP) is 3.73. The van der Waals surface area contributed by atoms with Gasteiger partial charge in [0, 0.05) is 43.9 Å². The van der Waals surface area contributed by atoms with Gasteiger partial charge in [0.2, 0.25) is 11.9 Å². The molecule has 1 N–H and O–H groups in total. The average molecular weight is 417 g/mol.